The van der Waals surface area contributed by atoms with Gasteiger partial charge in [0, 0.05) is 18.1 Å². The van der Waals surface area contributed by atoms with E-state index in [1.54, 1.807) is 24.3 Å². The van der Waals surface area contributed by atoms with Crippen LogP contribution in [0, 0.1) is 11.3 Å². The lowest BCUT2D eigenvalue weighted by molar-refractivity contribution is -0.119. The number of nitriles is 1. The Morgan fingerprint density at radius 2 is 2.00 bits per heavy atom. The van der Waals surface area contributed by atoms with E-state index in [0.717, 1.165) is 5.56 Å². The van der Waals surface area contributed by atoms with Gasteiger partial charge in [0.25, 0.3) is 5.91 Å². The van der Waals surface area contributed by atoms with Gasteiger partial charge in [-0.25, -0.2) is 9.78 Å². The largest absolute Gasteiger partial charge is 0.451 e. The van der Waals surface area contributed by atoms with E-state index in [4.69, 9.17) is 10.00 Å². The van der Waals surface area contributed by atoms with E-state index < -0.39 is 18.5 Å². The van der Waals surface area contributed by atoms with E-state index in [2.05, 4.69) is 15.3 Å². The number of carbonyl (C=O) groups excluding carboxylic acids is 2. The Bertz CT molecular complexity index is 693. The van der Waals surface area contributed by atoms with Crippen molar-refractivity contribution in [3.05, 3.63) is 54.1 Å². The average molecular weight is 296 g/mol. The number of anilines is 1. The number of hydrogen-bond acceptors (Lipinski definition) is 6. The third kappa shape index (κ3) is 4.38. The summed E-state index contributed by atoms with van der Waals surface area (Å²) in [7, 11) is 0. The van der Waals surface area contributed by atoms with Crippen molar-refractivity contribution in [2.75, 3.05) is 11.9 Å². The molecule has 1 heterocycles. The molecule has 0 atom stereocenters. The number of hydrogen-bond donors (Lipinski definition) is 1. The highest BCUT2D eigenvalue weighted by atomic mass is 16.5. The summed E-state index contributed by atoms with van der Waals surface area (Å²) >= 11 is 0. The number of rotatable bonds is 5. The smallest absolute Gasteiger partial charge is 0.359 e. The predicted molar refractivity (Wildman–Crippen MR) is 76.7 cm³/mol. The molecular weight excluding hydrogens is 284 g/mol. The maximum absolute atomic E-state index is 11.7. The minimum atomic E-state index is -0.715. The molecule has 1 aromatic carbocycles. The molecule has 7 heteroatoms. The molecule has 110 valence electrons. The van der Waals surface area contributed by atoms with Crippen LogP contribution in [0.2, 0.25) is 0 Å². The third-order valence-corrected chi connectivity index (χ3v) is 2.63. The molecule has 2 aromatic rings. The van der Waals surface area contributed by atoms with Gasteiger partial charge in [0.05, 0.1) is 18.7 Å². The highest BCUT2D eigenvalue weighted by molar-refractivity contribution is 5.94. The molecule has 1 N–H and O–H groups in total. The van der Waals surface area contributed by atoms with Gasteiger partial charge >= 0.3 is 5.97 Å². The van der Waals surface area contributed by atoms with E-state index >= 15 is 0 Å². The monoisotopic (exact) mass is 296 g/mol. The molecule has 1 amide bonds. The van der Waals surface area contributed by atoms with Crippen LogP contribution in [0.4, 0.5) is 5.69 Å². The van der Waals surface area contributed by atoms with Gasteiger partial charge in [0.15, 0.2) is 12.3 Å². The summed E-state index contributed by atoms with van der Waals surface area (Å²) in [5.41, 5.74) is 1.45. The van der Waals surface area contributed by atoms with Crippen molar-refractivity contribution < 1.29 is 14.3 Å². The predicted octanol–water partition coefficient (Wildman–Crippen LogP) is 1.34. The molecule has 7 nitrogen and oxygen atoms in total. The Labute approximate surface area is 126 Å². The van der Waals surface area contributed by atoms with Crippen LogP contribution >= 0.6 is 0 Å². The number of benzene rings is 1. The number of aromatic nitrogens is 2. The molecule has 0 spiro atoms. The Kier molecular flexibility index (Phi) is 5.15. The molecule has 0 saturated heterocycles. The molecule has 2 rings (SSSR count). The van der Waals surface area contributed by atoms with Crippen LogP contribution in [0.1, 0.15) is 16.1 Å². The summed E-state index contributed by atoms with van der Waals surface area (Å²) in [6, 6.07) is 8.87. The standard InChI is InChI=1S/C15H12N4O3/c16-6-5-11-1-3-12(4-2-11)19-14(20)10-22-15(21)13-9-17-7-8-18-13/h1-4,7-9H,5,10H2,(H,19,20). The summed E-state index contributed by atoms with van der Waals surface area (Å²) in [6.07, 6.45) is 4.36. The summed E-state index contributed by atoms with van der Waals surface area (Å²) in [6.45, 7) is -0.421. The Balaban J connectivity index is 1.83. The van der Waals surface area contributed by atoms with Crippen LogP contribution in [0.15, 0.2) is 42.9 Å². The molecule has 22 heavy (non-hydrogen) atoms. The first-order valence-corrected chi connectivity index (χ1v) is 6.38. The zero-order chi connectivity index (χ0) is 15.8. The van der Waals surface area contributed by atoms with Crippen molar-refractivity contribution >= 4 is 17.6 Å². The van der Waals surface area contributed by atoms with Crippen molar-refractivity contribution in [3.63, 3.8) is 0 Å². The molecular formula is C15H12N4O3. The molecule has 0 unspecified atom stereocenters. The minimum absolute atomic E-state index is 0.0381. The van der Waals surface area contributed by atoms with E-state index in [-0.39, 0.29) is 5.69 Å². The molecule has 0 aliphatic heterocycles. The fraction of sp³-hybridized carbons (Fsp3) is 0.133. The first kappa shape index (κ1) is 15.1. The van der Waals surface area contributed by atoms with Crippen LogP contribution in [0.25, 0.3) is 0 Å². The van der Waals surface area contributed by atoms with Gasteiger partial charge in [-0.2, -0.15) is 5.26 Å². The summed E-state index contributed by atoms with van der Waals surface area (Å²) in [5, 5.41) is 11.2. The summed E-state index contributed by atoms with van der Waals surface area (Å²) in [5.74, 6) is -1.18. The van der Waals surface area contributed by atoms with Gasteiger partial charge in [0.1, 0.15) is 0 Å². The van der Waals surface area contributed by atoms with Gasteiger partial charge in [-0.1, -0.05) is 12.1 Å². The minimum Gasteiger partial charge on any atom is -0.451 e. The Morgan fingerprint density at radius 3 is 2.64 bits per heavy atom. The maximum atomic E-state index is 11.7. The molecule has 1 aromatic heterocycles. The number of esters is 1. The van der Waals surface area contributed by atoms with E-state index in [9.17, 15) is 9.59 Å². The second kappa shape index (κ2) is 7.50. The Hall–Kier alpha value is -3.27. The molecule has 0 fully saturated rings. The molecule has 0 saturated carbocycles. The second-order valence-corrected chi connectivity index (χ2v) is 4.25. The van der Waals surface area contributed by atoms with Gasteiger partial charge in [-0.3, -0.25) is 9.78 Å². The Morgan fingerprint density at radius 1 is 1.23 bits per heavy atom. The normalized spacial score (nSPS) is 9.59. The number of carbonyl (C=O) groups is 2. The van der Waals surface area contributed by atoms with Crippen LogP contribution in [-0.4, -0.2) is 28.5 Å². The first-order valence-electron chi connectivity index (χ1n) is 6.38. The van der Waals surface area contributed by atoms with Gasteiger partial charge in [0.2, 0.25) is 0 Å². The van der Waals surface area contributed by atoms with Crippen molar-refractivity contribution in [2.24, 2.45) is 0 Å². The molecule has 0 radical (unpaired) electrons. The van der Waals surface area contributed by atoms with E-state index in [1.807, 2.05) is 6.07 Å². The van der Waals surface area contributed by atoms with Crippen LogP contribution < -0.4 is 5.32 Å². The fourth-order valence-corrected chi connectivity index (χ4v) is 1.60. The van der Waals surface area contributed by atoms with Crippen molar-refractivity contribution in [1.82, 2.24) is 9.97 Å². The lowest BCUT2D eigenvalue weighted by Crippen LogP contribution is -2.21. The van der Waals surface area contributed by atoms with Crippen molar-refractivity contribution in [2.45, 2.75) is 6.42 Å². The quantitative estimate of drug-likeness (QED) is 0.835. The van der Waals surface area contributed by atoms with Gasteiger partial charge in [-0.05, 0) is 17.7 Å². The first-order chi connectivity index (χ1) is 10.7. The highest BCUT2D eigenvalue weighted by Crippen LogP contribution is 2.09. The number of nitrogens with one attached hydrogen (secondary N) is 1. The van der Waals surface area contributed by atoms with Gasteiger partial charge < -0.3 is 10.1 Å². The molecule has 0 aliphatic carbocycles. The second-order valence-electron chi connectivity index (χ2n) is 4.25. The third-order valence-electron chi connectivity index (χ3n) is 2.63. The maximum Gasteiger partial charge on any atom is 0.359 e. The average Bonchev–Trinajstić information content (AvgIpc) is 2.55. The fourth-order valence-electron chi connectivity index (χ4n) is 1.60. The number of nitrogens with zero attached hydrogens (tertiary/aromatic N) is 3. The van der Waals surface area contributed by atoms with Crippen LogP contribution in [0.5, 0.6) is 0 Å². The van der Waals surface area contributed by atoms with Crippen molar-refractivity contribution in [1.29, 1.82) is 5.26 Å². The lowest BCUT2D eigenvalue weighted by Gasteiger charge is -2.06. The lowest BCUT2D eigenvalue weighted by atomic mass is 10.1. The topological polar surface area (TPSA) is 105 Å². The van der Waals surface area contributed by atoms with Gasteiger partial charge in [-0.15, -0.1) is 0 Å². The zero-order valence-corrected chi connectivity index (χ0v) is 11.5. The number of amides is 1. The molecule has 0 aliphatic rings. The molecule has 0 bridgehead atoms. The van der Waals surface area contributed by atoms with Crippen molar-refractivity contribution in [3.8, 4) is 6.07 Å². The SMILES string of the molecule is N#CCc1ccc(NC(=O)COC(=O)c2cnccn2)cc1. The van der Waals surface area contributed by atoms with E-state index in [0.29, 0.717) is 12.1 Å². The van der Waals surface area contributed by atoms with Crippen LogP contribution in [0.3, 0.4) is 0 Å². The van der Waals surface area contributed by atoms with E-state index in [1.165, 1.54) is 18.6 Å². The summed E-state index contributed by atoms with van der Waals surface area (Å²) in [4.78, 5) is 30.8. The number of ether oxygens (including phenoxy) is 1. The summed E-state index contributed by atoms with van der Waals surface area (Å²) < 4.78 is 4.83. The zero-order valence-electron chi connectivity index (χ0n) is 11.5. The highest BCUT2D eigenvalue weighted by Gasteiger charge is 2.11. The van der Waals surface area contributed by atoms with Crippen LogP contribution in [-0.2, 0) is 16.0 Å².